The van der Waals surface area contributed by atoms with E-state index in [1.165, 1.54) is 5.56 Å². The Hall–Kier alpha value is -1.66. The Morgan fingerprint density at radius 3 is 3.23 bits per heavy atom. The van der Waals surface area contributed by atoms with Gasteiger partial charge in [0.15, 0.2) is 0 Å². The number of hydrogen-bond donors (Lipinski definition) is 1. The van der Waals surface area contributed by atoms with Crippen LogP contribution in [0, 0.1) is 0 Å². The number of nitrogens with one attached hydrogen (secondary N) is 1. The summed E-state index contributed by atoms with van der Waals surface area (Å²) < 4.78 is 1.96. The van der Waals surface area contributed by atoms with Crippen LogP contribution in [0.5, 0.6) is 0 Å². The number of hydrogen-bond acceptors (Lipinski definition) is 4. The second-order valence-electron chi connectivity index (χ2n) is 5.73. The number of aromatic nitrogens is 2. The Morgan fingerprint density at radius 2 is 2.45 bits per heavy atom. The predicted octanol–water partition coefficient (Wildman–Crippen LogP) is 1.77. The van der Waals surface area contributed by atoms with Crippen LogP contribution in [0.2, 0.25) is 0 Å². The van der Waals surface area contributed by atoms with Crippen LogP contribution in [-0.4, -0.2) is 46.3 Å². The number of carbonyl (C=O) groups excluding carboxylic acids is 1. The highest BCUT2D eigenvalue weighted by molar-refractivity contribution is 7.07. The highest BCUT2D eigenvalue weighted by Crippen LogP contribution is 2.18. The van der Waals surface area contributed by atoms with Gasteiger partial charge in [-0.25, -0.2) is 0 Å². The first-order chi connectivity index (χ1) is 10.8. The molecule has 2 aromatic heterocycles. The lowest BCUT2D eigenvalue weighted by Gasteiger charge is -2.23. The van der Waals surface area contributed by atoms with Crippen molar-refractivity contribution in [1.29, 1.82) is 0 Å². The number of likely N-dealkylation sites (tertiary alicyclic amines) is 1. The lowest BCUT2D eigenvalue weighted by Crippen LogP contribution is -2.41. The molecule has 0 bridgehead atoms. The lowest BCUT2D eigenvalue weighted by molar-refractivity contribution is -0.122. The fourth-order valence-electron chi connectivity index (χ4n) is 2.96. The number of thiophene rings is 1. The molecule has 1 fully saturated rings. The third kappa shape index (κ3) is 4.18. The van der Waals surface area contributed by atoms with Gasteiger partial charge in [-0.3, -0.25) is 14.4 Å². The molecule has 3 rings (SSSR count). The van der Waals surface area contributed by atoms with E-state index >= 15 is 0 Å². The highest BCUT2D eigenvalue weighted by Gasteiger charge is 2.26. The van der Waals surface area contributed by atoms with Crippen molar-refractivity contribution in [3.63, 3.8) is 0 Å². The van der Waals surface area contributed by atoms with Crippen molar-refractivity contribution in [2.24, 2.45) is 0 Å². The van der Waals surface area contributed by atoms with Crippen molar-refractivity contribution in [2.45, 2.75) is 31.8 Å². The summed E-state index contributed by atoms with van der Waals surface area (Å²) in [4.78, 5) is 14.4. The SMILES string of the molecule is O=C(CN1CCC[C@@H]1Cn1cccn1)NCCc1ccsc1. The van der Waals surface area contributed by atoms with Gasteiger partial charge < -0.3 is 5.32 Å². The molecule has 3 heterocycles. The molecule has 1 saturated heterocycles. The van der Waals surface area contributed by atoms with Gasteiger partial charge in [-0.15, -0.1) is 0 Å². The van der Waals surface area contributed by atoms with Gasteiger partial charge in [-0.1, -0.05) is 0 Å². The first-order valence-corrected chi connectivity index (χ1v) is 8.75. The fourth-order valence-corrected chi connectivity index (χ4v) is 3.66. The standard InChI is InChI=1S/C16H22N4OS/c21-16(17-7-4-14-5-10-22-13-14)12-19-8-1-3-15(19)11-20-9-2-6-18-20/h2,5-6,9-10,13,15H,1,3-4,7-8,11-12H2,(H,17,21)/t15-/m1/s1. The van der Waals surface area contributed by atoms with Gasteiger partial charge in [0.1, 0.15) is 0 Å². The zero-order valence-corrected chi connectivity index (χ0v) is 13.5. The average Bonchev–Trinajstić information content (AvgIpc) is 3.23. The van der Waals surface area contributed by atoms with E-state index in [1.54, 1.807) is 17.5 Å². The third-order valence-electron chi connectivity index (χ3n) is 4.12. The Morgan fingerprint density at radius 1 is 1.50 bits per heavy atom. The molecule has 0 aliphatic carbocycles. The predicted molar refractivity (Wildman–Crippen MR) is 87.9 cm³/mol. The van der Waals surface area contributed by atoms with E-state index in [2.05, 4.69) is 32.1 Å². The van der Waals surface area contributed by atoms with E-state index < -0.39 is 0 Å². The van der Waals surface area contributed by atoms with Crippen LogP contribution in [-0.2, 0) is 17.8 Å². The molecule has 6 heteroatoms. The molecule has 0 aromatic carbocycles. The van der Waals surface area contributed by atoms with Crippen molar-refractivity contribution in [2.75, 3.05) is 19.6 Å². The molecule has 1 atom stereocenters. The third-order valence-corrected chi connectivity index (χ3v) is 4.85. The summed E-state index contributed by atoms with van der Waals surface area (Å²) >= 11 is 1.70. The number of amides is 1. The van der Waals surface area contributed by atoms with Crippen LogP contribution < -0.4 is 5.32 Å². The van der Waals surface area contributed by atoms with Crippen LogP contribution >= 0.6 is 11.3 Å². The fraction of sp³-hybridized carbons (Fsp3) is 0.500. The molecule has 5 nitrogen and oxygen atoms in total. The molecule has 118 valence electrons. The van der Waals surface area contributed by atoms with Crippen LogP contribution in [0.15, 0.2) is 35.3 Å². The molecule has 1 aliphatic heterocycles. The van der Waals surface area contributed by atoms with Crippen molar-refractivity contribution >= 4 is 17.2 Å². The Bertz CT molecular complexity index is 567. The minimum absolute atomic E-state index is 0.127. The summed E-state index contributed by atoms with van der Waals surface area (Å²) in [6, 6.07) is 4.47. The molecule has 1 aliphatic rings. The smallest absolute Gasteiger partial charge is 0.234 e. The minimum atomic E-state index is 0.127. The van der Waals surface area contributed by atoms with E-state index in [0.29, 0.717) is 19.1 Å². The van der Waals surface area contributed by atoms with Gasteiger partial charge in [0, 0.05) is 25.0 Å². The van der Waals surface area contributed by atoms with Crippen LogP contribution in [0.3, 0.4) is 0 Å². The Balaban J connectivity index is 1.41. The van der Waals surface area contributed by atoms with Crippen LogP contribution in [0.1, 0.15) is 18.4 Å². The second kappa shape index (κ2) is 7.56. The molecule has 1 amide bonds. The molecular formula is C16H22N4OS. The zero-order valence-electron chi connectivity index (χ0n) is 12.6. The molecule has 2 aromatic rings. The first-order valence-electron chi connectivity index (χ1n) is 7.80. The summed E-state index contributed by atoms with van der Waals surface area (Å²) in [5, 5.41) is 11.5. The van der Waals surface area contributed by atoms with Gasteiger partial charge in [0.25, 0.3) is 0 Å². The van der Waals surface area contributed by atoms with Gasteiger partial charge in [-0.05, 0) is 54.3 Å². The van der Waals surface area contributed by atoms with Crippen molar-refractivity contribution < 1.29 is 4.79 Å². The molecule has 22 heavy (non-hydrogen) atoms. The topological polar surface area (TPSA) is 50.2 Å². The monoisotopic (exact) mass is 318 g/mol. The van der Waals surface area contributed by atoms with E-state index in [4.69, 9.17) is 0 Å². The maximum atomic E-state index is 12.1. The van der Waals surface area contributed by atoms with Gasteiger partial charge >= 0.3 is 0 Å². The molecule has 1 N–H and O–H groups in total. The Kier molecular flexibility index (Phi) is 5.24. The summed E-state index contributed by atoms with van der Waals surface area (Å²) in [7, 11) is 0. The van der Waals surface area contributed by atoms with Crippen molar-refractivity contribution in [1.82, 2.24) is 20.0 Å². The normalized spacial score (nSPS) is 18.6. The largest absolute Gasteiger partial charge is 0.355 e. The highest BCUT2D eigenvalue weighted by atomic mass is 32.1. The van der Waals surface area contributed by atoms with E-state index in [0.717, 1.165) is 32.4 Å². The minimum Gasteiger partial charge on any atom is -0.355 e. The quantitative estimate of drug-likeness (QED) is 0.846. The average molecular weight is 318 g/mol. The lowest BCUT2D eigenvalue weighted by atomic mass is 10.2. The van der Waals surface area contributed by atoms with E-state index in [1.807, 2.05) is 16.9 Å². The van der Waals surface area contributed by atoms with Gasteiger partial charge in [-0.2, -0.15) is 16.4 Å². The summed E-state index contributed by atoms with van der Waals surface area (Å²) in [6.07, 6.45) is 7.00. The molecule has 0 saturated carbocycles. The van der Waals surface area contributed by atoms with Crippen molar-refractivity contribution in [3.8, 4) is 0 Å². The molecule has 0 spiro atoms. The van der Waals surface area contributed by atoms with Crippen molar-refractivity contribution in [3.05, 3.63) is 40.8 Å². The first kappa shape index (κ1) is 15.2. The van der Waals surface area contributed by atoms with Gasteiger partial charge in [0.05, 0.1) is 13.1 Å². The zero-order chi connectivity index (χ0) is 15.2. The number of rotatable bonds is 7. The second-order valence-corrected chi connectivity index (χ2v) is 6.51. The number of carbonyl (C=O) groups is 1. The molecule has 0 radical (unpaired) electrons. The number of nitrogens with zero attached hydrogens (tertiary/aromatic N) is 3. The summed E-state index contributed by atoms with van der Waals surface area (Å²) in [6.45, 7) is 3.09. The van der Waals surface area contributed by atoms with E-state index in [-0.39, 0.29) is 5.91 Å². The maximum absolute atomic E-state index is 12.1. The Labute approximate surface area is 134 Å². The molecule has 0 unspecified atom stereocenters. The van der Waals surface area contributed by atoms with Crippen LogP contribution in [0.4, 0.5) is 0 Å². The van der Waals surface area contributed by atoms with Crippen LogP contribution in [0.25, 0.3) is 0 Å². The summed E-state index contributed by atoms with van der Waals surface area (Å²) in [5.74, 6) is 0.127. The van der Waals surface area contributed by atoms with Gasteiger partial charge in [0.2, 0.25) is 5.91 Å². The van der Waals surface area contributed by atoms with E-state index in [9.17, 15) is 4.79 Å². The summed E-state index contributed by atoms with van der Waals surface area (Å²) in [5.41, 5.74) is 1.29. The maximum Gasteiger partial charge on any atom is 0.234 e. The molecular weight excluding hydrogens is 296 g/mol.